The zero-order chi connectivity index (χ0) is 12.3. The van der Waals surface area contributed by atoms with E-state index in [1.54, 1.807) is 6.08 Å². The molecule has 0 bridgehead atoms. The highest BCUT2D eigenvalue weighted by atomic mass is 35.5. The number of benzene rings is 1. The lowest BCUT2D eigenvalue weighted by molar-refractivity contribution is 1.39. The molecule has 86 valence electrons. The second-order valence-corrected chi connectivity index (χ2v) is 4.30. The Kier molecular flexibility index (Phi) is 3.60. The van der Waals surface area contributed by atoms with Gasteiger partial charge >= 0.3 is 0 Å². The van der Waals surface area contributed by atoms with E-state index >= 15 is 0 Å². The van der Waals surface area contributed by atoms with Crippen LogP contribution in [0.15, 0.2) is 59.6 Å². The van der Waals surface area contributed by atoms with Crippen molar-refractivity contribution < 1.29 is 0 Å². The van der Waals surface area contributed by atoms with Crippen molar-refractivity contribution in [1.29, 1.82) is 0 Å². The molecule has 17 heavy (non-hydrogen) atoms. The van der Waals surface area contributed by atoms with Crippen molar-refractivity contribution in [2.45, 2.75) is 13.3 Å². The Morgan fingerprint density at radius 3 is 3.00 bits per heavy atom. The fourth-order valence-electron chi connectivity index (χ4n) is 1.88. The predicted molar refractivity (Wildman–Crippen MR) is 75.3 cm³/mol. The van der Waals surface area contributed by atoms with Gasteiger partial charge < -0.3 is 0 Å². The summed E-state index contributed by atoms with van der Waals surface area (Å²) < 4.78 is 0. The van der Waals surface area contributed by atoms with Crippen molar-refractivity contribution in [1.82, 2.24) is 0 Å². The molecule has 0 unspecified atom stereocenters. The minimum Gasteiger partial charge on any atom is -0.252 e. The quantitative estimate of drug-likeness (QED) is 0.685. The van der Waals surface area contributed by atoms with Crippen molar-refractivity contribution in [2.75, 3.05) is 0 Å². The maximum Gasteiger partial charge on any atom is 0.0684 e. The molecule has 0 amide bonds. The van der Waals surface area contributed by atoms with Crippen LogP contribution in [0.25, 0.3) is 0 Å². The zero-order valence-electron chi connectivity index (χ0n) is 9.78. The van der Waals surface area contributed by atoms with Gasteiger partial charge in [-0.15, -0.1) is 0 Å². The normalized spacial score (nSPS) is 14.9. The third kappa shape index (κ3) is 2.56. The van der Waals surface area contributed by atoms with E-state index in [1.165, 1.54) is 5.56 Å². The molecule has 2 rings (SSSR count). The molecular formula is C15H14ClN. The maximum atomic E-state index is 5.96. The van der Waals surface area contributed by atoms with E-state index in [0.717, 1.165) is 28.4 Å². The molecule has 0 atom stereocenters. The third-order valence-electron chi connectivity index (χ3n) is 2.64. The smallest absolute Gasteiger partial charge is 0.0684 e. The van der Waals surface area contributed by atoms with Gasteiger partial charge in [-0.25, -0.2) is 0 Å². The first-order valence-corrected chi connectivity index (χ1v) is 5.94. The average molecular weight is 244 g/mol. The average Bonchev–Trinajstić information content (AvgIpc) is 2.71. The lowest BCUT2D eigenvalue weighted by Crippen LogP contribution is -2.00. The van der Waals surface area contributed by atoms with E-state index in [2.05, 4.69) is 11.6 Å². The number of hydrogen-bond acceptors (Lipinski definition) is 1. The molecule has 0 saturated heterocycles. The summed E-state index contributed by atoms with van der Waals surface area (Å²) in [7, 11) is 0. The van der Waals surface area contributed by atoms with Crippen LogP contribution in [0.4, 0.5) is 5.69 Å². The molecule has 0 spiro atoms. The summed E-state index contributed by atoms with van der Waals surface area (Å²) in [6, 6.07) is 5.85. The first-order chi connectivity index (χ1) is 8.24. The molecule has 0 fully saturated rings. The van der Waals surface area contributed by atoms with Gasteiger partial charge in [0.25, 0.3) is 0 Å². The van der Waals surface area contributed by atoms with Crippen LogP contribution in [0.3, 0.4) is 0 Å². The van der Waals surface area contributed by atoms with E-state index in [9.17, 15) is 0 Å². The van der Waals surface area contributed by atoms with E-state index < -0.39 is 0 Å². The summed E-state index contributed by atoms with van der Waals surface area (Å²) in [5.41, 5.74) is 4.38. The van der Waals surface area contributed by atoms with Crippen molar-refractivity contribution in [2.24, 2.45) is 4.99 Å². The van der Waals surface area contributed by atoms with Crippen molar-refractivity contribution in [3.63, 3.8) is 0 Å². The number of aliphatic imine (C=N–C) groups is 1. The highest BCUT2D eigenvalue weighted by Crippen LogP contribution is 2.31. The Bertz CT molecular complexity index is 536. The number of hydrogen-bond donors (Lipinski definition) is 0. The van der Waals surface area contributed by atoms with Gasteiger partial charge in [-0.1, -0.05) is 48.6 Å². The molecule has 1 aromatic rings. The van der Waals surface area contributed by atoms with Crippen LogP contribution in [0.1, 0.15) is 12.5 Å². The minimum absolute atomic E-state index is 0.731. The van der Waals surface area contributed by atoms with Gasteiger partial charge in [0.05, 0.1) is 11.4 Å². The lowest BCUT2D eigenvalue weighted by atomic mass is 10.0. The van der Waals surface area contributed by atoms with Crippen LogP contribution in [-0.4, -0.2) is 5.71 Å². The topological polar surface area (TPSA) is 12.4 Å². The summed E-state index contributed by atoms with van der Waals surface area (Å²) in [5.74, 6) is 0. The molecule has 1 heterocycles. The van der Waals surface area contributed by atoms with Crippen LogP contribution in [0.5, 0.6) is 0 Å². The molecule has 1 aromatic carbocycles. The van der Waals surface area contributed by atoms with E-state index in [1.807, 2.05) is 43.4 Å². The molecule has 1 aliphatic rings. The van der Waals surface area contributed by atoms with Gasteiger partial charge in [0, 0.05) is 11.4 Å². The van der Waals surface area contributed by atoms with Gasteiger partial charge in [-0.3, -0.25) is 4.99 Å². The molecule has 0 aliphatic carbocycles. The van der Waals surface area contributed by atoms with Crippen molar-refractivity contribution >= 4 is 23.0 Å². The van der Waals surface area contributed by atoms with Crippen LogP contribution < -0.4 is 0 Å². The lowest BCUT2D eigenvalue weighted by Gasteiger charge is -1.99. The van der Waals surface area contributed by atoms with Gasteiger partial charge in [0.15, 0.2) is 0 Å². The summed E-state index contributed by atoms with van der Waals surface area (Å²) in [4.78, 5) is 4.61. The number of halogens is 1. The summed E-state index contributed by atoms with van der Waals surface area (Å²) >= 11 is 5.96. The molecule has 0 aromatic heterocycles. The van der Waals surface area contributed by atoms with Crippen LogP contribution in [-0.2, 0) is 6.42 Å². The van der Waals surface area contributed by atoms with Crippen LogP contribution in [0.2, 0.25) is 5.02 Å². The third-order valence-corrected chi connectivity index (χ3v) is 2.87. The van der Waals surface area contributed by atoms with E-state index in [0.29, 0.717) is 0 Å². The highest BCUT2D eigenvalue weighted by molar-refractivity contribution is 6.31. The first-order valence-electron chi connectivity index (χ1n) is 5.56. The minimum atomic E-state index is 0.731. The number of fused-ring (bicyclic) bond motifs is 1. The van der Waals surface area contributed by atoms with Gasteiger partial charge in [-0.2, -0.15) is 0 Å². The SMILES string of the molecule is C=C/C=C(\C=C/C)C1=Nc2cc(Cl)ccc2C1. The second-order valence-electron chi connectivity index (χ2n) is 3.87. The number of nitrogens with zero attached hydrogens (tertiary/aromatic N) is 1. The van der Waals surface area contributed by atoms with E-state index in [4.69, 9.17) is 11.6 Å². The zero-order valence-corrected chi connectivity index (χ0v) is 10.5. The Labute approximate surface area is 107 Å². The first kappa shape index (κ1) is 11.9. The fourth-order valence-corrected chi connectivity index (χ4v) is 2.04. The van der Waals surface area contributed by atoms with Crippen LogP contribution in [0, 0.1) is 0 Å². The molecular weight excluding hydrogens is 230 g/mol. The Morgan fingerprint density at radius 1 is 1.47 bits per heavy atom. The Balaban J connectivity index is 2.36. The van der Waals surface area contributed by atoms with Crippen LogP contribution >= 0.6 is 11.6 Å². The molecule has 0 radical (unpaired) electrons. The molecule has 0 N–H and O–H groups in total. The molecule has 0 saturated carbocycles. The largest absolute Gasteiger partial charge is 0.252 e. The highest BCUT2D eigenvalue weighted by Gasteiger charge is 2.16. The molecule has 1 aliphatic heterocycles. The monoisotopic (exact) mass is 243 g/mol. The van der Waals surface area contributed by atoms with Crippen molar-refractivity contribution in [3.8, 4) is 0 Å². The standard InChI is InChI=1S/C15H14ClN/c1-3-5-11(6-4-2)14-9-12-7-8-13(16)10-15(12)17-14/h3-8,10H,1,9H2,2H3/b6-4-,11-5+. The number of allylic oxidation sites excluding steroid dienone is 5. The maximum absolute atomic E-state index is 5.96. The molecule has 1 nitrogen and oxygen atoms in total. The molecule has 2 heteroatoms. The summed E-state index contributed by atoms with van der Waals surface area (Å²) in [5, 5.41) is 0.731. The Morgan fingerprint density at radius 2 is 2.29 bits per heavy atom. The summed E-state index contributed by atoms with van der Waals surface area (Å²) in [6.07, 6.45) is 8.68. The van der Waals surface area contributed by atoms with Gasteiger partial charge in [0.2, 0.25) is 0 Å². The van der Waals surface area contributed by atoms with Gasteiger partial charge in [-0.05, 0) is 30.2 Å². The second kappa shape index (κ2) is 5.15. The predicted octanol–water partition coefficient (Wildman–Crippen LogP) is 4.66. The summed E-state index contributed by atoms with van der Waals surface area (Å²) in [6.45, 7) is 5.73. The van der Waals surface area contributed by atoms with Gasteiger partial charge in [0.1, 0.15) is 0 Å². The van der Waals surface area contributed by atoms with Crippen molar-refractivity contribution in [3.05, 3.63) is 65.2 Å². The Hall–Kier alpha value is -1.60. The fraction of sp³-hybridized carbons (Fsp3) is 0.133. The van der Waals surface area contributed by atoms with E-state index in [-0.39, 0.29) is 0 Å². The number of rotatable bonds is 3.